The van der Waals surface area contributed by atoms with Crippen molar-refractivity contribution in [1.82, 2.24) is 0 Å². The lowest BCUT2D eigenvalue weighted by Crippen LogP contribution is -2.01. The molecule has 0 unspecified atom stereocenters. The van der Waals surface area contributed by atoms with E-state index < -0.39 is 5.97 Å². The van der Waals surface area contributed by atoms with Crippen molar-refractivity contribution in [2.75, 3.05) is 6.54 Å². The molecule has 0 radical (unpaired) electrons. The van der Waals surface area contributed by atoms with Gasteiger partial charge in [-0.3, -0.25) is 4.79 Å². The molecule has 94 valence electrons. The van der Waals surface area contributed by atoms with E-state index in [-0.39, 0.29) is 6.42 Å². The first-order chi connectivity index (χ1) is 8.63. The van der Waals surface area contributed by atoms with E-state index in [9.17, 15) is 4.79 Å². The number of aliphatic carboxylic acids is 1. The summed E-state index contributed by atoms with van der Waals surface area (Å²) < 4.78 is 0. The van der Waals surface area contributed by atoms with Crippen molar-refractivity contribution in [3.8, 4) is 0 Å². The van der Waals surface area contributed by atoms with Gasteiger partial charge in [0.1, 0.15) is 0 Å². The Labute approximate surface area is 109 Å². The van der Waals surface area contributed by atoms with Crippen LogP contribution in [0.1, 0.15) is 17.5 Å². The van der Waals surface area contributed by atoms with E-state index in [1.807, 2.05) is 12.2 Å². The van der Waals surface area contributed by atoms with Gasteiger partial charge < -0.3 is 5.11 Å². The maximum Gasteiger partial charge on any atom is 0.307 e. The van der Waals surface area contributed by atoms with E-state index in [1.165, 1.54) is 0 Å². The number of azide groups is 1. The molecule has 0 fully saturated rings. The molecule has 18 heavy (non-hydrogen) atoms. The average molecular weight is 266 g/mol. The number of rotatable bonds is 6. The van der Waals surface area contributed by atoms with Crippen LogP contribution in [0.5, 0.6) is 0 Å². The molecule has 0 bridgehead atoms. The lowest BCUT2D eigenvalue weighted by atomic mass is 10.0. The van der Waals surface area contributed by atoms with Gasteiger partial charge >= 0.3 is 5.97 Å². The number of halogens is 1. The third-order valence-corrected chi connectivity index (χ3v) is 2.44. The van der Waals surface area contributed by atoms with Crippen LogP contribution in [-0.2, 0) is 11.2 Å². The highest BCUT2D eigenvalue weighted by Gasteiger charge is 2.05. The Hall–Kier alpha value is -1.97. The van der Waals surface area contributed by atoms with E-state index in [4.69, 9.17) is 22.2 Å². The molecule has 0 spiro atoms. The van der Waals surface area contributed by atoms with Crippen LogP contribution in [0.3, 0.4) is 0 Å². The molecule has 0 aliphatic carbocycles. The molecule has 0 aromatic heterocycles. The molecule has 0 aliphatic rings. The Morgan fingerprint density at radius 3 is 3.00 bits per heavy atom. The number of carboxylic acid groups (broad SMARTS) is 1. The van der Waals surface area contributed by atoms with Crippen LogP contribution in [0.25, 0.3) is 16.5 Å². The van der Waals surface area contributed by atoms with E-state index in [0.717, 1.165) is 5.56 Å². The van der Waals surface area contributed by atoms with Crippen molar-refractivity contribution < 1.29 is 9.90 Å². The van der Waals surface area contributed by atoms with Gasteiger partial charge in [-0.1, -0.05) is 34.9 Å². The average Bonchev–Trinajstić information content (AvgIpc) is 2.30. The van der Waals surface area contributed by atoms with Gasteiger partial charge in [-0.05, 0) is 35.2 Å². The summed E-state index contributed by atoms with van der Waals surface area (Å²) in [6, 6.07) is 5.12. The molecule has 0 saturated heterocycles. The van der Waals surface area contributed by atoms with Crippen molar-refractivity contribution >= 4 is 23.6 Å². The highest BCUT2D eigenvalue weighted by Crippen LogP contribution is 2.18. The fourth-order valence-electron chi connectivity index (χ4n) is 1.44. The molecule has 0 amide bonds. The van der Waals surface area contributed by atoms with Crippen molar-refractivity contribution in [1.29, 1.82) is 0 Å². The molecule has 0 atom stereocenters. The van der Waals surface area contributed by atoms with Crippen molar-refractivity contribution in [2.45, 2.75) is 12.8 Å². The number of benzene rings is 1. The third kappa shape index (κ3) is 4.91. The molecule has 1 aromatic carbocycles. The maximum absolute atomic E-state index is 10.7. The Bertz CT molecular complexity index is 508. The molecule has 1 aromatic rings. The second-order valence-corrected chi connectivity index (χ2v) is 4.00. The van der Waals surface area contributed by atoms with Crippen LogP contribution in [0.4, 0.5) is 0 Å². The minimum absolute atomic E-state index is 0.0728. The summed E-state index contributed by atoms with van der Waals surface area (Å²) in [4.78, 5) is 13.4. The molecule has 0 aliphatic heterocycles. The molecule has 0 saturated carbocycles. The summed E-state index contributed by atoms with van der Waals surface area (Å²) in [7, 11) is 0. The summed E-state index contributed by atoms with van der Waals surface area (Å²) in [5.41, 5.74) is 9.58. The van der Waals surface area contributed by atoms with Crippen LogP contribution in [0.2, 0.25) is 5.02 Å². The highest BCUT2D eigenvalue weighted by atomic mass is 35.5. The molecule has 1 N–H and O–H groups in total. The number of nitrogens with zero attached hydrogens (tertiary/aromatic N) is 3. The summed E-state index contributed by atoms with van der Waals surface area (Å²) in [6.07, 6.45) is 4.18. The first kappa shape index (κ1) is 14.1. The van der Waals surface area contributed by atoms with E-state index >= 15 is 0 Å². The van der Waals surface area contributed by atoms with Crippen LogP contribution in [0.15, 0.2) is 29.4 Å². The quantitative estimate of drug-likeness (QED) is 0.368. The Kier molecular flexibility index (Phi) is 5.77. The van der Waals surface area contributed by atoms with Gasteiger partial charge in [-0.15, -0.1) is 0 Å². The van der Waals surface area contributed by atoms with E-state index in [1.54, 1.807) is 18.2 Å². The molecule has 0 heterocycles. The lowest BCUT2D eigenvalue weighted by molar-refractivity contribution is -0.136. The number of hydrogen-bond donors (Lipinski definition) is 1. The van der Waals surface area contributed by atoms with E-state index in [2.05, 4.69) is 10.0 Å². The molecular weight excluding hydrogens is 254 g/mol. The number of carbonyl (C=O) groups is 1. The van der Waals surface area contributed by atoms with Gasteiger partial charge in [0.15, 0.2) is 0 Å². The van der Waals surface area contributed by atoms with E-state index in [0.29, 0.717) is 23.6 Å². The smallest absolute Gasteiger partial charge is 0.307 e. The highest BCUT2D eigenvalue weighted by molar-refractivity contribution is 6.30. The van der Waals surface area contributed by atoms with Crippen molar-refractivity contribution in [3.63, 3.8) is 0 Å². The molecule has 5 nitrogen and oxygen atoms in total. The Morgan fingerprint density at radius 1 is 1.56 bits per heavy atom. The van der Waals surface area contributed by atoms with Gasteiger partial charge in [0.05, 0.1) is 6.42 Å². The van der Waals surface area contributed by atoms with Gasteiger partial charge in [0.2, 0.25) is 0 Å². The monoisotopic (exact) mass is 265 g/mol. The van der Waals surface area contributed by atoms with Crippen molar-refractivity contribution in [2.24, 2.45) is 5.11 Å². The predicted molar refractivity (Wildman–Crippen MR) is 70.5 cm³/mol. The molecule has 1 rings (SSSR count). The van der Waals surface area contributed by atoms with Gasteiger partial charge in [0.25, 0.3) is 0 Å². The molecule has 6 heteroatoms. The Balaban J connectivity index is 2.80. The maximum atomic E-state index is 10.7. The summed E-state index contributed by atoms with van der Waals surface area (Å²) in [6.45, 7) is 0.384. The van der Waals surface area contributed by atoms with Crippen LogP contribution in [-0.4, -0.2) is 17.6 Å². The summed E-state index contributed by atoms with van der Waals surface area (Å²) >= 11 is 5.83. The summed E-state index contributed by atoms with van der Waals surface area (Å²) in [5, 5.41) is 12.7. The Morgan fingerprint density at radius 2 is 2.33 bits per heavy atom. The van der Waals surface area contributed by atoms with Gasteiger partial charge in [-0.25, -0.2) is 0 Å². The third-order valence-electron chi connectivity index (χ3n) is 2.20. The van der Waals surface area contributed by atoms with Crippen LogP contribution in [0, 0.1) is 0 Å². The van der Waals surface area contributed by atoms with Gasteiger partial charge in [0, 0.05) is 16.5 Å². The fraction of sp³-hybridized carbons (Fsp3) is 0.250. The van der Waals surface area contributed by atoms with Crippen molar-refractivity contribution in [3.05, 3.63) is 50.9 Å². The minimum atomic E-state index is -0.902. The predicted octanol–water partition coefficient (Wildman–Crippen LogP) is 3.68. The lowest BCUT2D eigenvalue weighted by Gasteiger charge is -2.04. The topological polar surface area (TPSA) is 86.1 Å². The SMILES string of the molecule is [N-]=[N+]=NCCC=Cc1ccc(Cl)cc1CC(=O)O. The first-order valence-electron chi connectivity index (χ1n) is 5.31. The minimum Gasteiger partial charge on any atom is -0.481 e. The second-order valence-electron chi connectivity index (χ2n) is 3.56. The zero-order chi connectivity index (χ0) is 13.4. The zero-order valence-electron chi connectivity index (χ0n) is 9.58. The second kappa shape index (κ2) is 7.37. The largest absolute Gasteiger partial charge is 0.481 e. The first-order valence-corrected chi connectivity index (χ1v) is 5.69. The standard InChI is InChI=1S/C12H12ClN3O2/c13-11-5-4-9(3-1-2-6-15-16-14)10(7-11)8-12(17)18/h1,3-5,7H,2,6,8H2,(H,17,18). The number of hydrogen-bond acceptors (Lipinski definition) is 2. The zero-order valence-corrected chi connectivity index (χ0v) is 10.3. The van der Waals surface area contributed by atoms with Crippen LogP contribution < -0.4 is 0 Å². The van der Waals surface area contributed by atoms with Gasteiger partial charge in [-0.2, -0.15) is 0 Å². The summed E-state index contributed by atoms with van der Waals surface area (Å²) in [5.74, 6) is -0.902. The molecular formula is C12H12ClN3O2. The van der Waals surface area contributed by atoms with Crippen LogP contribution >= 0.6 is 11.6 Å². The fourth-order valence-corrected chi connectivity index (χ4v) is 1.63. The normalized spacial score (nSPS) is 10.3. The number of carboxylic acids is 1.